The minimum atomic E-state index is -0.308. The van der Waals surface area contributed by atoms with Crippen LogP contribution in [0.15, 0.2) is 34.8 Å². The molecule has 0 heterocycles. The van der Waals surface area contributed by atoms with Crippen LogP contribution in [0.5, 0.6) is 0 Å². The van der Waals surface area contributed by atoms with E-state index in [1.807, 2.05) is 24.3 Å². The number of hydrogen-bond acceptors (Lipinski definition) is 3. The third-order valence-electron chi connectivity index (χ3n) is 1.88. The number of amides is 1. The molecular formula is C12H14BrNO3. The molecule has 0 radical (unpaired) electrons. The van der Waals surface area contributed by atoms with Crippen molar-refractivity contribution in [2.45, 2.75) is 0 Å². The summed E-state index contributed by atoms with van der Waals surface area (Å²) < 4.78 is 5.70. The van der Waals surface area contributed by atoms with E-state index in [-0.39, 0.29) is 5.91 Å². The molecule has 17 heavy (non-hydrogen) atoms. The number of ether oxygens (including phenoxy) is 1. The van der Waals surface area contributed by atoms with E-state index in [4.69, 9.17) is 9.57 Å². The van der Waals surface area contributed by atoms with Gasteiger partial charge < -0.3 is 4.74 Å². The maximum Gasteiger partial charge on any atom is 0.267 e. The fourth-order valence-electron chi connectivity index (χ4n) is 1.06. The lowest BCUT2D eigenvalue weighted by Crippen LogP contribution is -2.23. The van der Waals surface area contributed by atoms with Crippen molar-refractivity contribution in [2.24, 2.45) is 0 Å². The number of methoxy groups -OCH3 is 1. The Morgan fingerprint density at radius 1 is 1.41 bits per heavy atom. The number of halogens is 1. The third-order valence-corrected chi connectivity index (χ3v) is 2.60. The molecule has 0 unspecified atom stereocenters. The predicted octanol–water partition coefficient (Wildman–Crippen LogP) is 2.16. The Morgan fingerprint density at radius 3 is 2.88 bits per heavy atom. The molecule has 5 heteroatoms. The van der Waals surface area contributed by atoms with Crippen molar-refractivity contribution in [1.29, 1.82) is 0 Å². The fraction of sp³-hybridized carbons (Fsp3) is 0.250. The third kappa shape index (κ3) is 5.63. The molecule has 92 valence electrons. The lowest BCUT2D eigenvalue weighted by Gasteiger charge is -2.02. The van der Waals surface area contributed by atoms with Gasteiger partial charge in [-0.2, -0.15) is 0 Å². The second-order valence-electron chi connectivity index (χ2n) is 3.16. The molecule has 1 aromatic carbocycles. The molecule has 4 nitrogen and oxygen atoms in total. The SMILES string of the molecule is COCCONC(=O)/C=C/c1ccccc1Br. The van der Waals surface area contributed by atoms with Gasteiger partial charge in [0.1, 0.15) is 0 Å². The molecule has 0 spiro atoms. The molecule has 0 atom stereocenters. The van der Waals surface area contributed by atoms with E-state index in [9.17, 15) is 4.79 Å². The minimum Gasteiger partial charge on any atom is -0.382 e. The highest BCUT2D eigenvalue weighted by atomic mass is 79.9. The van der Waals surface area contributed by atoms with Gasteiger partial charge in [0.2, 0.25) is 0 Å². The molecule has 0 saturated carbocycles. The molecular weight excluding hydrogens is 286 g/mol. The Morgan fingerprint density at radius 2 is 2.18 bits per heavy atom. The quantitative estimate of drug-likeness (QED) is 0.497. The zero-order valence-electron chi connectivity index (χ0n) is 9.48. The van der Waals surface area contributed by atoms with Crippen molar-refractivity contribution in [2.75, 3.05) is 20.3 Å². The van der Waals surface area contributed by atoms with Gasteiger partial charge in [0, 0.05) is 17.7 Å². The van der Waals surface area contributed by atoms with Gasteiger partial charge in [0.25, 0.3) is 5.91 Å². The average molecular weight is 300 g/mol. The number of benzene rings is 1. The molecule has 1 aromatic rings. The maximum atomic E-state index is 11.3. The van der Waals surface area contributed by atoms with Crippen molar-refractivity contribution in [3.8, 4) is 0 Å². The van der Waals surface area contributed by atoms with Crippen LogP contribution in [-0.4, -0.2) is 26.2 Å². The number of carbonyl (C=O) groups excluding carboxylic acids is 1. The van der Waals surface area contributed by atoms with E-state index in [1.165, 1.54) is 6.08 Å². The van der Waals surface area contributed by atoms with Crippen molar-refractivity contribution in [3.63, 3.8) is 0 Å². The summed E-state index contributed by atoms with van der Waals surface area (Å²) in [5.74, 6) is -0.308. The molecule has 0 aliphatic heterocycles. The molecule has 0 saturated heterocycles. The Balaban J connectivity index is 2.38. The zero-order valence-corrected chi connectivity index (χ0v) is 11.1. The predicted molar refractivity (Wildman–Crippen MR) is 69.1 cm³/mol. The number of hydroxylamine groups is 1. The first-order chi connectivity index (χ1) is 8.24. The van der Waals surface area contributed by atoms with E-state index in [2.05, 4.69) is 21.4 Å². The zero-order chi connectivity index (χ0) is 12.5. The Hall–Kier alpha value is -1.17. The first-order valence-electron chi connectivity index (χ1n) is 5.07. The van der Waals surface area contributed by atoms with Crippen molar-refractivity contribution in [1.82, 2.24) is 5.48 Å². The maximum absolute atomic E-state index is 11.3. The number of hydrogen-bond donors (Lipinski definition) is 1. The molecule has 1 N–H and O–H groups in total. The normalized spacial score (nSPS) is 10.7. The van der Waals surface area contributed by atoms with Crippen molar-refractivity contribution in [3.05, 3.63) is 40.4 Å². The molecule has 1 rings (SSSR count). The summed E-state index contributed by atoms with van der Waals surface area (Å²) in [6.07, 6.45) is 3.12. The summed E-state index contributed by atoms with van der Waals surface area (Å²) >= 11 is 3.39. The molecule has 0 aliphatic rings. The fourth-order valence-corrected chi connectivity index (χ4v) is 1.47. The number of rotatable bonds is 6. The summed E-state index contributed by atoms with van der Waals surface area (Å²) in [5, 5.41) is 0. The Kier molecular flexibility index (Phi) is 6.54. The van der Waals surface area contributed by atoms with Crippen molar-refractivity contribution >= 4 is 27.9 Å². The van der Waals surface area contributed by atoms with E-state index >= 15 is 0 Å². The van der Waals surface area contributed by atoms with E-state index in [0.717, 1.165) is 10.0 Å². The highest BCUT2D eigenvalue weighted by molar-refractivity contribution is 9.10. The van der Waals surface area contributed by atoms with Crippen LogP contribution < -0.4 is 5.48 Å². The summed E-state index contributed by atoms with van der Waals surface area (Å²) in [7, 11) is 1.57. The highest BCUT2D eigenvalue weighted by Gasteiger charge is 1.97. The second kappa shape index (κ2) is 8.00. The summed E-state index contributed by atoms with van der Waals surface area (Å²) in [6.45, 7) is 0.763. The molecule has 0 aliphatic carbocycles. The van der Waals surface area contributed by atoms with Gasteiger partial charge in [-0.1, -0.05) is 34.1 Å². The molecule has 0 fully saturated rings. The Labute approximate surface area is 109 Å². The Bertz CT molecular complexity index is 393. The van der Waals surface area contributed by atoms with E-state index in [1.54, 1.807) is 13.2 Å². The summed E-state index contributed by atoms with van der Waals surface area (Å²) in [5.41, 5.74) is 3.22. The van der Waals surface area contributed by atoms with Crippen LogP contribution in [0.25, 0.3) is 6.08 Å². The standard InChI is InChI=1S/C12H14BrNO3/c1-16-8-9-17-14-12(15)7-6-10-4-2-3-5-11(10)13/h2-7H,8-9H2,1H3,(H,14,15)/b7-6+. The summed E-state index contributed by atoms with van der Waals surface area (Å²) in [6, 6.07) is 7.62. The minimum absolute atomic E-state index is 0.308. The molecule has 0 aromatic heterocycles. The second-order valence-corrected chi connectivity index (χ2v) is 4.02. The number of carbonyl (C=O) groups is 1. The highest BCUT2D eigenvalue weighted by Crippen LogP contribution is 2.16. The van der Waals surface area contributed by atoms with Crippen LogP contribution in [-0.2, 0) is 14.4 Å². The summed E-state index contributed by atoms with van der Waals surface area (Å²) in [4.78, 5) is 16.2. The van der Waals surface area contributed by atoms with Gasteiger partial charge in [-0.15, -0.1) is 0 Å². The van der Waals surface area contributed by atoms with Gasteiger partial charge in [-0.3, -0.25) is 9.63 Å². The first-order valence-corrected chi connectivity index (χ1v) is 5.86. The van der Waals surface area contributed by atoms with Crippen LogP contribution in [0.1, 0.15) is 5.56 Å². The number of nitrogens with one attached hydrogen (secondary N) is 1. The largest absolute Gasteiger partial charge is 0.382 e. The van der Waals surface area contributed by atoms with Gasteiger partial charge in [0.05, 0.1) is 13.2 Å². The first kappa shape index (κ1) is 13.9. The van der Waals surface area contributed by atoms with Gasteiger partial charge >= 0.3 is 0 Å². The average Bonchev–Trinajstić information content (AvgIpc) is 2.34. The smallest absolute Gasteiger partial charge is 0.267 e. The van der Waals surface area contributed by atoms with Crippen LogP contribution in [0.4, 0.5) is 0 Å². The van der Waals surface area contributed by atoms with E-state index < -0.39 is 0 Å². The van der Waals surface area contributed by atoms with Crippen LogP contribution in [0, 0.1) is 0 Å². The van der Waals surface area contributed by atoms with E-state index in [0.29, 0.717) is 13.2 Å². The topological polar surface area (TPSA) is 47.6 Å². The molecule has 0 bridgehead atoms. The monoisotopic (exact) mass is 299 g/mol. The van der Waals surface area contributed by atoms with Crippen LogP contribution in [0.3, 0.4) is 0 Å². The van der Waals surface area contributed by atoms with Gasteiger partial charge in [0.15, 0.2) is 0 Å². The van der Waals surface area contributed by atoms with Crippen LogP contribution in [0.2, 0.25) is 0 Å². The van der Waals surface area contributed by atoms with Gasteiger partial charge in [-0.25, -0.2) is 5.48 Å². The lowest BCUT2D eigenvalue weighted by atomic mass is 10.2. The molecule has 1 amide bonds. The van der Waals surface area contributed by atoms with Crippen molar-refractivity contribution < 1.29 is 14.4 Å². The van der Waals surface area contributed by atoms with Gasteiger partial charge in [-0.05, 0) is 17.7 Å². The lowest BCUT2D eigenvalue weighted by molar-refractivity contribution is -0.129. The van der Waals surface area contributed by atoms with Crippen LogP contribution >= 0.6 is 15.9 Å².